The van der Waals surface area contributed by atoms with Gasteiger partial charge in [0.1, 0.15) is 12.4 Å². The standard InChI is InChI=1S/C13H20N4O2S/c1-16-12(14-9-15-16)11-8-19-5-4-17(11)13(18)10-2-6-20-7-3-10/h9-11H,2-8H2,1H3. The number of hydrogen-bond donors (Lipinski definition) is 0. The van der Waals surface area contributed by atoms with E-state index in [1.54, 1.807) is 4.68 Å². The van der Waals surface area contributed by atoms with Gasteiger partial charge in [0.15, 0.2) is 5.82 Å². The first-order chi connectivity index (χ1) is 9.77. The summed E-state index contributed by atoms with van der Waals surface area (Å²) in [5, 5.41) is 4.11. The third-order valence-electron chi connectivity index (χ3n) is 4.03. The molecule has 0 aromatic carbocycles. The van der Waals surface area contributed by atoms with Crippen molar-refractivity contribution in [2.75, 3.05) is 31.3 Å². The first kappa shape index (κ1) is 13.9. The number of aromatic nitrogens is 3. The summed E-state index contributed by atoms with van der Waals surface area (Å²) in [6.07, 6.45) is 3.52. The normalized spacial score (nSPS) is 24.9. The first-order valence-corrected chi connectivity index (χ1v) is 8.22. The molecule has 0 spiro atoms. The molecule has 2 aliphatic heterocycles. The highest BCUT2D eigenvalue weighted by Crippen LogP contribution is 2.29. The van der Waals surface area contributed by atoms with Gasteiger partial charge in [-0.15, -0.1) is 0 Å². The molecule has 0 aliphatic carbocycles. The summed E-state index contributed by atoms with van der Waals surface area (Å²) in [6, 6.07) is -0.0988. The van der Waals surface area contributed by atoms with Crippen LogP contribution in [0.1, 0.15) is 24.7 Å². The van der Waals surface area contributed by atoms with Crippen LogP contribution in [0.15, 0.2) is 6.33 Å². The quantitative estimate of drug-likeness (QED) is 0.810. The Hall–Kier alpha value is -1.08. The molecule has 6 nitrogen and oxygen atoms in total. The van der Waals surface area contributed by atoms with Crippen molar-refractivity contribution in [3.63, 3.8) is 0 Å². The van der Waals surface area contributed by atoms with Crippen molar-refractivity contribution >= 4 is 17.7 Å². The van der Waals surface area contributed by atoms with E-state index in [2.05, 4.69) is 10.1 Å². The van der Waals surface area contributed by atoms with Gasteiger partial charge in [-0.2, -0.15) is 16.9 Å². The molecular formula is C13H20N4O2S. The Labute approximate surface area is 122 Å². The minimum Gasteiger partial charge on any atom is -0.377 e. The molecule has 0 N–H and O–H groups in total. The van der Waals surface area contributed by atoms with Crippen molar-refractivity contribution in [2.24, 2.45) is 13.0 Å². The molecule has 1 aromatic rings. The van der Waals surface area contributed by atoms with E-state index in [4.69, 9.17) is 4.74 Å². The van der Waals surface area contributed by atoms with Crippen LogP contribution in [-0.4, -0.2) is 56.8 Å². The topological polar surface area (TPSA) is 60.2 Å². The first-order valence-electron chi connectivity index (χ1n) is 7.07. The molecule has 0 saturated carbocycles. The van der Waals surface area contributed by atoms with Gasteiger partial charge in [-0.3, -0.25) is 9.48 Å². The highest BCUT2D eigenvalue weighted by atomic mass is 32.2. The fraction of sp³-hybridized carbons (Fsp3) is 0.769. The van der Waals surface area contributed by atoms with Crippen molar-refractivity contribution in [3.8, 4) is 0 Å². The number of rotatable bonds is 2. The van der Waals surface area contributed by atoms with E-state index < -0.39 is 0 Å². The highest BCUT2D eigenvalue weighted by Gasteiger charge is 2.35. The molecule has 1 unspecified atom stereocenters. The Morgan fingerprint density at radius 2 is 2.25 bits per heavy atom. The lowest BCUT2D eigenvalue weighted by molar-refractivity contribution is -0.145. The minimum absolute atomic E-state index is 0.0988. The van der Waals surface area contributed by atoms with E-state index in [0.29, 0.717) is 19.8 Å². The summed E-state index contributed by atoms with van der Waals surface area (Å²) < 4.78 is 7.28. The summed E-state index contributed by atoms with van der Waals surface area (Å²) >= 11 is 1.94. The van der Waals surface area contributed by atoms with Gasteiger partial charge in [0.25, 0.3) is 0 Å². The van der Waals surface area contributed by atoms with Gasteiger partial charge in [-0.25, -0.2) is 4.98 Å². The Morgan fingerprint density at radius 3 is 2.95 bits per heavy atom. The largest absolute Gasteiger partial charge is 0.377 e. The molecule has 1 aromatic heterocycles. The second-order valence-electron chi connectivity index (χ2n) is 5.25. The Kier molecular flexibility index (Phi) is 4.26. The average molecular weight is 296 g/mol. The third-order valence-corrected chi connectivity index (χ3v) is 5.08. The lowest BCUT2D eigenvalue weighted by atomic mass is 9.99. The predicted molar refractivity (Wildman–Crippen MR) is 76.3 cm³/mol. The highest BCUT2D eigenvalue weighted by molar-refractivity contribution is 7.99. The Balaban J connectivity index is 1.78. The number of aryl methyl sites for hydroxylation is 1. The molecule has 1 amide bonds. The van der Waals surface area contributed by atoms with Crippen LogP contribution in [-0.2, 0) is 16.6 Å². The van der Waals surface area contributed by atoms with Gasteiger partial charge in [0.2, 0.25) is 5.91 Å². The third kappa shape index (κ3) is 2.69. The monoisotopic (exact) mass is 296 g/mol. The molecule has 3 rings (SSSR count). The van der Waals surface area contributed by atoms with E-state index >= 15 is 0 Å². The van der Waals surface area contributed by atoms with Crippen molar-refractivity contribution in [3.05, 3.63) is 12.2 Å². The Morgan fingerprint density at radius 1 is 1.45 bits per heavy atom. The lowest BCUT2D eigenvalue weighted by Crippen LogP contribution is -2.47. The molecule has 7 heteroatoms. The summed E-state index contributed by atoms with van der Waals surface area (Å²) in [6.45, 7) is 1.78. The molecule has 2 saturated heterocycles. The number of hydrogen-bond acceptors (Lipinski definition) is 5. The summed E-state index contributed by atoms with van der Waals surface area (Å²) in [5.74, 6) is 3.43. The number of ether oxygens (including phenoxy) is 1. The summed E-state index contributed by atoms with van der Waals surface area (Å²) in [7, 11) is 1.86. The number of amides is 1. The zero-order valence-corrected chi connectivity index (χ0v) is 12.5. The van der Waals surface area contributed by atoms with E-state index in [1.807, 2.05) is 23.7 Å². The van der Waals surface area contributed by atoms with E-state index in [9.17, 15) is 4.79 Å². The van der Waals surface area contributed by atoms with Gasteiger partial charge < -0.3 is 9.64 Å². The van der Waals surface area contributed by atoms with Crippen LogP contribution in [0, 0.1) is 5.92 Å². The molecule has 3 heterocycles. The second kappa shape index (κ2) is 6.13. The zero-order chi connectivity index (χ0) is 13.9. The number of carbonyl (C=O) groups excluding carboxylic acids is 1. The van der Waals surface area contributed by atoms with Crippen LogP contribution in [0.25, 0.3) is 0 Å². The maximum absolute atomic E-state index is 12.8. The molecule has 20 heavy (non-hydrogen) atoms. The van der Waals surface area contributed by atoms with E-state index in [-0.39, 0.29) is 17.9 Å². The van der Waals surface area contributed by atoms with Crippen molar-refractivity contribution in [2.45, 2.75) is 18.9 Å². The molecular weight excluding hydrogens is 276 g/mol. The fourth-order valence-corrected chi connectivity index (χ4v) is 3.97. The zero-order valence-electron chi connectivity index (χ0n) is 11.7. The van der Waals surface area contributed by atoms with Crippen LogP contribution < -0.4 is 0 Å². The summed E-state index contributed by atoms with van der Waals surface area (Å²) in [5.41, 5.74) is 0. The minimum atomic E-state index is -0.0988. The van der Waals surface area contributed by atoms with Crippen molar-refractivity contribution < 1.29 is 9.53 Å². The van der Waals surface area contributed by atoms with Gasteiger partial charge in [-0.05, 0) is 24.3 Å². The van der Waals surface area contributed by atoms with Crippen molar-refractivity contribution in [1.29, 1.82) is 0 Å². The number of carbonyl (C=O) groups is 1. The van der Waals surface area contributed by atoms with Crippen LogP contribution in [0.4, 0.5) is 0 Å². The molecule has 2 fully saturated rings. The number of morpholine rings is 1. The van der Waals surface area contributed by atoms with Gasteiger partial charge in [0.05, 0.1) is 13.2 Å². The van der Waals surface area contributed by atoms with Gasteiger partial charge in [0, 0.05) is 19.5 Å². The fourth-order valence-electron chi connectivity index (χ4n) is 2.87. The van der Waals surface area contributed by atoms with Crippen molar-refractivity contribution in [1.82, 2.24) is 19.7 Å². The van der Waals surface area contributed by atoms with Crippen LogP contribution in [0.2, 0.25) is 0 Å². The summed E-state index contributed by atoms with van der Waals surface area (Å²) in [4.78, 5) is 19.0. The average Bonchev–Trinajstić information content (AvgIpc) is 2.93. The second-order valence-corrected chi connectivity index (χ2v) is 6.48. The van der Waals surface area contributed by atoms with Crippen LogP contribution in [0.5, 0.6) is 0 Å². The Bertz CT molecular complexity index is 473. The maximum Gasteiger partial charge on any atom is 0.226 e. The van der Waals surface area contributed by atoms with Crippen LogP contribution >= 0.6 is 11.8 Å². The van der Waals surface area contributed by atoms with Gasteiger partial charge in [-0.1, -0.05) is 0 Å². The molecule has 2 aliphatic rings. The molecule has 0 radical (unpaired) electrons. The van der Waals surface area contributed by atoms with Gasteiger partial charge >= 0.3 is 0 Å². The number of nitrogens with zero attached hydrogens (tertiary/aromatic N) is 4. The predicted octanol–water partition coefficient (Wildman–Crippen LogP) is 0.858. The molecule has 0 bridgehead atoms. The SMILES string of the molecule is Cn1ncnc1C1COCCN1C(=O)C1CCSCC1. The maximum atomic E-state index is 12.8. The van der Waals surface area contributed by atoms with E-state index in [0.717, 1.165) is 30.2 Å². The molecule has 1 atom stereocenters. The lowest BCUT2D eigenvalue weighted by Gasteiger charge is -2.37. The number of thioether (sulfide) groups is 1. The van der Waals surface area contributed by atoms with E-state index in [1.165, 1.54) is 6.33 Å². The smallest absolute Gasteiger partial charge is 0.226 e. The van der Waals surface area contributed by atoms with Crippen LogP contribution in [0.3, 0.4) is 0 Å². The molecule has 110 valence electrons.